The minimum atomic E-state index is -1.87. The Bertz CT molecular complexity index is 885. The van der Waals surface area contributed by atoms with Crippen molar-refractivity contribution in [2.24, 2.45) is 11.7 Å². The Morgan fingerprint density at radius 1 is 0.711 bits per heavy atom. The minimum absolute atomic E-state index is 0.0192. The fourth-order valence-electron chi connectivity index (χ4n) is 3.06. The van der Waals surface area contributed by atoms with Gasteiger partial charge in [-0.1, -0.05) is 13.8 Å². The number of hydrogen-bond acceptors (Lipinski definition) is 9. The van der Waals surface area contributed by atoms with Crippen LogP contribution in [-0.4, -0.2) is 99.1 Å². The molecule has 0 saturated heterocycles. The summed E-state index contributed by atoms with van der Waals surface area (Å²) in [6.45, 7) is 4.89. The average Bonchev–Trinajstić information content (AvgIpc) is 2.79. The van der Waals surface area contributed by atoms with Gasteiger partial charge >= 0.3 is 17.9 Å². The molecule has 5 atom stereocenters. The minimum Gasteiger partial charge on any atom is -0.481 e. The molecule has 0 heterocycles. The van der Waals surface area contributed by atoms with Crippen molar-refractivity contribution >= 4 is 53.3 Å². The van der Waals surface area contributed by atoms with Crippen molar-refractivity contribution in [2.75, 3.05) is 12.0 Å². The standard InChI is InChI=1S/C22H37N5O10S/c1-10(2)7-13(26-19(33)12(23)5-6-38-4)20(34)24-11(3)18(32)25-14(8-16(28)29)21(35)27-15(22(36)37)9-17(30)31/h10-15H,5-9,23H2,1-4H3,(H,24,34)(H,25,32)(H,26,33)(H,27,35)(H,28,29)(H,30,31)(H,36,37)/t11-,12-,13-,14-,15-/m0/s1. The number of carboxylic acid groups (broad SMARTS) is 3. The van der Waals surface area contributed by atoms with Crippen molar-refractivity contribution in [2.45, 2.75) is 76.7 Å². The normalized spacial score (nSPS) is 14.8. The maximum Gasteiger partial charge on any atom is 0.326 e. The third-order valence-corrected chi connectivity index (χ3v) is 5.71. The van der Waals surface area contributed by atoms with Crippen LogP contribution in [-0.2, 0) is 33.6 Å². The molecular weight excluding hydrogens is 526 g/mol. The van der Waals surface area contributed by atoms with E-state index in [0.29, 0.717) is 12.2 Å². The van der Waals surface area contributed by atoms with Gasteiger partial charge in [0.05, 0.1) is 18.9 Å². The van der Waals surface area contributed by atoms with Crippen molar-refractivity contribution in [3.05, 3.63) is 0 Å². The van der Waals surface area contributed by atoms with Crippen LogP contribution in [0.5, 0.6) is 0 Å². The predicted molar refractivity (Wildman–Crippen MR) is 136 cm³/mol. The molecule has 4 amide bonds. The third-order valence-electron chi connectivity index (χ3n) is 5.07. The highest BCUT2D eigenvalue weighted by atomic mass is 32.2. The molecule has 0 saturated carbocycles. The summed E-state index contributed by atoms with van der Waals surface area (Å²) in [6.07, 6.45) is 0.551. The molecular formula is C22H37N5O10S. The predicted octanol–water partition coefficient (Wildman–Crippen LogP) is -1.89. The lowest BCUT2D eigenvalue weighted by atomic mass is 10.0. The van der Waals surface area contributed by atoms with Gasteiger partial charge in [0.25, 0.3) is 0 Å². The smallest absolute Gasteiger partial charge is 0.326 e. The van der Waals surface area contributed by atoms with Gasteiger partial charge < -0.3 is 42.3 Å². The largest absolute Gasteiger partial charge is 0.481 e. The number of amides is 4. The zero-order valence-corrected chi connectivity index (χ0v) is 22.5. The maximum absolute atomic E-state index is 12.8. The molecule has 0 aliphatic heterocycles. The summed E-state index contributed by atoms with van der Waals surface area (Å²) in [4.78, 5) is 83.6. The van der Waals surface area contributed by atoms with Crippen LogP contribution in [0.1, 0.15) is 46.5 Å². The van der Waals surface area contributed by atoms with Crippen LogP contribution in [0, 0.1) is 5.92 Å². The van der Waals surface area contributed by atoms with E-state index in [0.717, 1.165) is 0 Å². The van der Waals surface area contributed by atoms with Crippen molar-refractivity contribution in [3.8, 4) is 0 Å². The summed E-state index contributed by atoms with van der Waals surface area (Å²) in [7, 11) is 0. The van der Waals surface area contributed by atoms with E-state index in [4.69, 9.17) is 21.1 Å². The molecule has 0 radical (unpaired) electrons. The fourth-order valence-corrected chi connectivity index (χ4v) is 3.55. The summed E-state index contributed by atoms with van der Waals surface area (Å²) in [5, 5.41) is 35.9. The van der Waals surface area contributed by atoms with Crippen LogP contribution in [0.15, 0.2) is 0 Å². The van der Waals surface area contributed by atoms with E-state index in [2.05, 4.69) is 16.0 Å². The Morgan fingerprint density at radius 3 is 1.66 bits per heavy atom. The maximum atomic E-state index is 12.8. The van der Waals surface area contributed by atoms with Gasteiger partial charge in [-0.15, -0.1) is 0 Å². The topological polar surface area (TPSA) is 254 Å². The number of hydrogen-bond donors (Lipinski definition) is 8. The summed E-state index contributed by atoms with van der Waals surface area (Å²) in [6, 6.07) is -6.79. The average molecular weight is 564 g/mol. The highest BCUT2D eigenvalue weighted by Gasteiger charge is 2.32. The Morgan fingerprint density at radius 2 is 1.18 bits per heavy atom. The zero-order valence-electron chi connectivity index (χ0n) is 21.7. The van der Waals surface area contributed by atoms with Crippen molar-refractivity contribution in [1.29, 1.82) is 0 Å². The lowest BCUT2D eigenvalue weighted by molar-refractivity contribution is -0.148. The first-order valence-corrected chi connectivity index (χ1v) is 13.1. The quantitative estimate of drug-likeness (QED) is 0.0910. The first-order valence-electron chi connectivity index (χ1n) is 11.7. The number of rotatable bonds is 18. The Balaban J connectivity index is 5.42. The van der Waals surface area contributed by atoms with Crippen LogP contribution in [0.4, 0.5) is 0 Å². The van der Waals surface area contributed by atoms with Crippen molar-refractivity contribution < 1.29 is 48.9 Å². The molecule has 0 aromatic heterocycles. The van der Waals surface area contributed by atoms with Crippen LogP contribution in [0.3, 0.4) is 0 Å². The van der Waals surface area contributed by atoms with E-state index >= 15 is 0 Å². The Hall–Kier alpha value is -3.40. The van der Waals surface area contributed by atoms with Crippen LogP contribution >= 0.6 is 11.8 Å². The SMILES string of the molecule is CSCC[C@H](N)C(=O)N[C@@H](CC(C)C)C(=O)N[C@@H](C)C(=O)N[C@@H](CC(=O)O)C(=O)N[C@@H](CC(=O)O)C(=O)O. The molecule has 0 spiro atoms. The van der Waals surface area contributed by atoms with Crippen LogP contribution in [0.25, 0.3) is 0 Å². The number of carbonyl (C=O) groups excluding carboxylic acids is 4. The molecule has 0 aromatic rings. The molecule has 0 fully saturated rings. The zero-order chi connectivity index (χ0) is 29.6. The second kappa shape index (κ2) is 17.2. The van der Waals surface area contributed by atoms with Gasteiger partial charge in [-0.2, -0.15) is 11.8 Å². The summed E-state index contributed by atoms with van der Waals surface area (Å²) < 4.78 is 0. The number of carboxylic acids is 3. The highest BCUT2D eigenvalue weighted by Crippen LogP contribution is 2.07. The number of carbonyl (C=O) groups is 7. The van der Waals surface area contributed by atoms with Gasteiger partial charge in [0.15, 0.2) is 0 Å². The molecule has 0 aromatic carbocycles. The molecule has 15 nitrogen and oxygen atoms in total. The van der Waals surface area contributed by atoms with Crippen molar-refractivity contribution in [3.63, 3.8) is 0 Å². The molecule has 9 N–H and O–H groups in total. The Kier molecular flexibility index (Phi) is 15.6. The first kappa shape index (κ1) is 34.6. The molecule has 0 unspecified atom stereocenters. The molecule has 0 aliphatic carbocycles. The lowest BCUT2D eigenvalue weighted by Crippen LogP contribution is -2.58. The summed E-state index contributed by atoms with van der Waals surface area (Å²) in [5.74, 6) is -7.55. The number of thioether (sulfide) groups is 1. The van der Waals surface area contributed by atoms with Gasteiger partial charge in [-0.25, -0.2) is 4.79 Å². The fraction of sp³-hybridized carbons (Fsp3) is 0.682. The van der Waals surface area contributed by atoms with E-state index in [-0.39, 0.29) is 12.3 Å². The summed E-state index contributed by atoms with van der Waals surface area (Å²) in [5.41, 5.74) is 5.86. The first-order chi connectivity index (χ1) is 17.6. The summed E-state index contributed by atoms with van der Waals surface area (Å²) >= 11 is 1.51. The molecule has 38 heavy (non-hydrogen) atoms. The van der Waals surface area contributed by atoms with Gasteiger partial charge in [0, 0.05) is 0 Å². The van der Waals surface area contributed by atoms with Gasteiger partial charge in [-0.3, -0.25) is 28.8 Å². The van der Waals surface area contributed by atoms with E-state index in [1.165, 1.54) is 18.7 Å². The second-order valence-corrected chi connectivity index (χ2v) is 9.95. The van der Waals surface area contributed by atoms with E-state index in [9.17, 15) is 33.6 Å². The van der Waals surface area contributed by atoms with Gasteiger partial charge in [-0.05, 0) is 37.7 Å². The van der Waals surface area contributed by atoms with Gasteiger partial charge in [0.2, 0.25) is 23.6 Å². The van der Waals surface area contributed by atoms with Gasteiger partial charge in [0.1, 0.15) is 24.2 Å². The van der Waals surface area contributed by atoms with E-state index in [1.54, 1.807) is 0 Å². The van der Waals surface area contributed by atoms with E-state index in [1.807, 2.05) is 25.4 Å². The van der Waals surface area contributed by atoms with Crippen LogP contribution in [0.2, 0.25) is 0 Å². The van der Waals surface area contributed by atoms with Crippen molar-refractivity contribution in [1.82, 2.24) is 21.3 Å². The molecule has 0 bridgehead atoms. The number of nitrogens with one attached hydrogen (secondary N) is 4. The Labute approximate surface area is 224 Å². The highest BCUT2D eigenvalue weighted by molar-refractivity contribution is 7.98. The number of nitrogens with two attached hydrogens (primary N) is 1. The number of aliphatic carboxylic acids is 3. The molecule has 216 valence electrons. The molecule has 16 heteroatoms. The van der Waals surface area contributed by atoms with Crippen LogP contribution < -0.4 is 27.0 Å². The second-order valence-electron chi connectivity index (χ2n) is 8.97. The third kappa shape index (κ3) is 13.8. The molecule has 0 rings (SSSR count). The van der Waals surface area contributed by atoms with E-state index < -0.39 is 84.6 Å². The molecule has 0 aliphatic rings. The lowest BCUT2D eigenvalue weighted by Gasteiger charge is -2.25. The monoisotopic (exact) mass is 563 g/mol.